The van der Waals surface area contributed by atoms with E-state index in [9.17, 15) is 9.00 Å². The molecule has 0 unspecified atom stereocenters. The second kappa shape index (κ2) is 5.50. The molecule has 1 aromatic heterocycles. The van der Waals surface area contributed by atoms with Crippen molar-refractivity contribution in [2.24, 2.45) is 0 Å². The maximum absolute atomic E-state index is 12.4. The minimum atomic E-state index is -0.801. The SMILES string of the molecule is O=C(c1cc2ccccc2c(Cl)n1)N1CCS(=O)CC1. The topological polar surface area (TPSA) is 50.3 Å². The summed E-state index contributed by atoms with van der Waals surface area (Å²) in [4.78, 5) is 18.3. The highest BCUT2D eigenvalue weighted by molar-refractivity contribution is 7.85. The zero-order valence-electron chi connectivity index (χ0n) is 10.7. The van der Waals surface area contributed by atoms with Gasteiger partial charge < -0.3 is 4.90 Å². The predicted molar refractivity (Wildman–Crippen MR) is 80.5 cm³/mol. The lowest BCUT2D eigenvalue weighted by atomic mass is 10.1. The fourth-order valence-electron chi connectivity index (χ4n) is 2.27. The molecule has 20 heavy (non-hydrogen) atoms. The van der Waals surface area contributed by atoms with Crippen LogP contribution in [0.5, 0.6) is 0 Å². The molecule has 0 atom stereocenters. The van der Waals surface area contributed by atoms with Crippen molar-refractivity contribution >= 4 is 39.1 Å². The second-order valence-electron chi connectivity index (χ2n) is 4.66. The molecule has 0 aliphatic carbocycles. The average Bonchev–Trinajstić information content (AvgIpc) is 2.47. The van der Waals surface area contributed by atoms with Crippen LogP contribution >= 0.6 is 11.6 Å². The number of benzene rings is 1. The molecule has 0 saturated carbocycles. The molecule has 2 aromatic rings. The maximum atomic E-state index is 12.4. The van der Waals surface area contributed by atoms with Crippen molar-refractivity contribution in [3.63, 3.8) is 0 Å². The van der Waals surface area contributed by atoms with Gasteiger partial charge in [0.05, 0.1) is 0 Å². The summed E-state index contributed by atoms with van der Waals surface area (Å²) in [6, 6.07) is 9.33. The molecule has 0 spiro atoms. The number of halogens is 1. The summed E-state index contributed by atoms with van der Waals surface area (Å²) in [5.74, 6) is 0.925. The van der Waals surface area contributed by atoms with E-state index in [0.717, 1.165) is 10.8 Å². The van der Waals surface area contributed by atoms with Crippen LogP contribution in [-0.2, 0) is 10.8 Å². The van der Waals surface area contributed by atoms with Crippen LogP contribution in [0, 0.1) is 0 Å². The number of aromatic nitrogens is 1. The molecule has 1 aliphatic rings. The first-order valence-corrected chi connectivity index (χ1v) is 8.21. The minimum absolute atomic E-state index is 0.144. The second-order valence-corrected chi connectivity index (χ2v) is 6.71. The van der Waals surface area contributed by atoms with Crippen molar-refractivity contribution in [2.45, 2.75) is 0 Å². The summed E-state index contributed by atoms with van der Waals surface area (Å²) in [7, 11) is -0.801. The van der Waals surface area contributed by atoms with Crippen LogP contribution in [0.3, 0.4) is 0 Å². The van der Waals surface area contributed by atoms with Gasteiger partial charge in [-0.15, -0.1) is 0 Å². The van der Waals surface area contributed by atoms with Crippen LogP contribution < -0.4 is 0 Å². The molecule has 104 valence electrons. The van der Waals surface area contributed by atoms with Crippen LogP contribution in [0.15, 0.2) is 30.3 Å². The summed E-state index contributed by atoms with van der Waals surface area (Å²) in [5.41, 5.74) is 0.349. The van der Waals surface area contributed by atoms with E-state index < -0.39 is 10.8 Å². The van der Waals surface area contributed by atoms with Crippen molar-refractivity contribution in [3.8, 4) is 0 Å². The molecule has 2 heterocycles. The van der Waals surface area contributed by atoms with Gasteiger partial charge in [0.15, 0.2) is 0 Å². The van der Waals surface area contributed by atoms with E-state index in [-0.39, 0.29) is 5.91 Å². The zero-order valence-corrected chi connectivity index (χ0v) is 12.3. The highest BCUT2D eigenvalue weighted by Gasteiger charge is 2.22. The van der Waals surface area contributed by atoms with Crippen molar-refractivity contribution in [1.29, 1.82) is 0 Å². The largest absolute Gasteiger partial charge is 0.335 e. The molecule has 1 amide bonds. The first kappa shape index (κ1) is 13.5. The Bertz CT molecular complexity index is 695. The molecule has 4 nitrogen and oxygen atoms in total. The monoisotopic (exact) mass is 308 g/mol. The number of amides is 1. The van der Waals surface area contributed by atoms with Crippen LogP contribution in [0.25, 0.3) is 10.8 Å². The van der Waals surface area contributed by atoms with E-state index in [2.05, 4.69) is 4.98 Å². The smallest absolute Gasteiger partial charge is 0.272 e. The molecule has 1 aliphatic heterocycles. The fourth-order valence-corrected chi connectivity index (χ4v) is 3.58. The number of carbonyl (C=O) groups is 1. The number of rotatable bonds is 1. The van der Waals surface area contributed by atoms with Gasteiger partial charge in [-0.3, -0.25) is 9.00 Å². The van der Waals surface area contributed by atoms with Gasteiger partial charge in [-0.2, -0.15) is 0 Å². The Balaban J connectivity index is 1.93. The molecule has 6 heteroatoms. The normalized spacial score (nSPS) is 16.6. The highest BCUT2D eigenvalue weighted by Crippen LogP contribution is 2.23. The third-order valence-electron chi connectivity index (χ3n) is 3.38. The summed E-state index contributed by atoms with van der Waals surface area (Å²) in [6.45, 7) is 1.02. The Kier molecular flexibility index (Phi) is 3.72. The van der Waals surface area contributed by atoms with Crippen molar-refractivity contribution in [1.82, 2.24) is 9.88 Å². The van der Waals surface area contributed by atoms with E-state index in [1.54, 1.807) is 11.0 Å². The third kappa shape index (κ3) is 2.55. The molecule has 0 bridgehead atoms. The standard InChI is InChI=1S/C14H13ClN2O2S/c15-13-11-4-2-1-3-10(11)9-12(16-13)14(18)17-5-7-20(19)8-6-17/h1-4,9H,5-8H2. The number of nitrogens with zero attached hydrogens (tertiary/aromatic N) is 2. The summed E-state index contributed by atoms with van der Waals surface area (Å²) in [5, 5.41) is 2.08. The van der Waals surface area contributed by atoms with Gasteiger partial charge >= 0.3 is 0 Å². The minimum Gasteiger partial charge on any atom is -0.335 e. The van der Waals surface area contributed by atoms with E-state index >= 15 is 0 Å². The van der Waals surface area contributed by atoms with Gasteiger partial charge in [-0.1, -0.05) is 35.9 Å². The fraction of sp³-hybridized carbons (Fsp3) is 0.286. The molecule has 0 N–H and O–H groups in total. The molecular weight excluding hydrogens is 296 g/mol. The number of hydrogen-bond donors (Lipinski definition) is 0. The Labute approximate surface area is 124 Å². The number of pyridine rings is 1. The van der Waals surface area contributed by atoms with Gasteiger partial charge in [-0.25, -0.2) is 4.98 Å². The molecule has 0 radical (unpaired) electrons. The zero-order chi connectivity index (χ0) is 14.1. The molecule has 1 fully saturated rings. The van der Waals surface area contributed by atoms with Crippen LogP contribution in [-0.4, -0.2) is 44.6 Å². The first-order valence-electron chi connectivity index (χ1n) is 6.35. The van der Waals surface area contributed by atoms with E-state index in [4.69, 9.17) is 11.6 Å². The Morgan fingerprint density at radius 2 is 1.95 bits per heavy atom. The van der Waals surface area contributed by atoms with Crippen LogP contribution in [0.2, 0.25) is 5.15 Å². The molecule has 1 aromatic carbocycles. The van der Waals surface area contributed by atoms with Gasteiger partial charge in [-0.05, 0) is 11.5 Å². The van der Waals surface area contributed by atoms with E-state index in [1.807, 2.05) is 24.3 Å². The summed E-state index contributed by atoms with van der Waals surface area (Å²) >= 11 is 6.14. The number of hydrogen-bond acceptors (Lipinski definition) is 3. The third-order valence-corrected chi connectivity index (χ3v) is 4.94. The quantitative estimate of drug-likeness (QED) is 0.758. The Morgan fingerprint density at radius 1 is 1.25 bits per heavy atom. The average molecular weight is 309 g/mol. The molecular formula is C14H13ClN2O2S. The summed E-state index contributed by atoms with van der Waals surface area (Å²) in [6.07, 6.45) is 0. The van der Waals surface area contributed by atoms with Crippen LogP contribution in [0.4, 0.5) is 0 Å². The highest BCUT2D eigenvalue weighted by atomic mass is 35.5. The van der Waals surface area contributed by atoms with Gasteiger partial charge in [0.25, 0.3) is 5.91 Å². The number of carbonyl (C=O) groups excluding carboxylic acids is 1. The molecule has 3 rings (SSSR count). The lowest BCUT2D eigenvalue weighted by Crippen LogP contribution is -2.42. The maximum Gasteiger partial charge on any atom is 0.272 e. The van der Waals surface area contributed by atoms with Gasteiger partial charge in [0.1, 0.15) is 10.8 Å². The van der Waals surface area contributed by atoms with Gasteiger partial charge in [0.2, 0.25) is 0 Å². The Morgan fingerprint density at radius 3 is 2.70 bits per heavy atom. The van der Waals surface area contributed by atoms with E-state index in [0.29, 0.717) is 35.4 Å². The summed E-state index contributed by atoms with van der Waals surface area (Å²) < 4.78 is 11.3. The number of fused-ring (bicyclic) bond motifs is 1. The van der Waals surface area contributed by atoms with E-state index in [1.165, 1.54) is 0 Å². The Hall–Kier alpha value is -1.46. The van der Waals surface area contributed by atoms with Gasteiger partial charge in [0, 0.05) is 40.8 Å². The van der Waals surface area contributed by atoms with Crippen molar-refractivity contribution in [3.05, 3.63) is 41.2 Å². The van der Waals surface area contributed by atoms with Crippen molar-refractivity contribution < 1.29 is 9.00 Å². The predicted octanol–water partition coefficient (Wildman–Crippen LogP) is 2.09. The lowest BCUT2D eigenvalue weighted by Gasteiger charge is -2.26. The first-order chi connectivity index (χ1) is 9.65. The van der Waals surface area contributed by atoms with Crippen LogP contribution in [0.1, 0.15) is 10.5 Å². The van der Waals surface area contributed by atoms with Crippen molar-refractivity contribution in [2.75, 3.05) is 24.6 Å². The molecule has 1 saturated heterocycles. The lowest BCUT2D eigenvalue weighted by molar-refractivity contribution is 0.0765.